The molecule has 2 saturated heterocycles. The maximum Gasteiger partial charge on any atom is 0.254 e. The van der Waals surface area contributed by atoms with Crippen molar-refractivity contribution in [2.75, 3.05) is 52.3 Å². The van der Waals surface area contributed by atoms with Crippen LogP contribution < -0.4 is 0 Å². The second-order valence-corrected chi connectivity index (χ2v) is 8.13. The van der Waals surface area contributed by atoms with Gasteiger partial charge in [0.1, 0.15) is 5.60 Å². The predicted octanol–water partition coefficient (Wildman–Crippen LogP) is -0.415. The number of morpholine rings is 1. The van der Waals surface area contributed by atoms with Crippen molar-refractivity contribution in [2.45, 2.75) is 5.60 Å². The van der Waals surface area contributed by atoms with Crippen molar-refractivity contribution in [2.24, 2.45) is 0 Å². The number of ether oxygens (including phenoxy) is 2. The summed E-state index contributed by atoms with van der Waals surface area (Å²) < 4.78 is 36.7. The van der Waals surface area contributed by atoms with Crippen molar-refractivity contribution in [1.29, 1.82) is 0 Å². The van der Waals surface area contributed by atoms with Crippen LogP contribution in [0, 0.1) is 0 Å². The number of sulfonamides is 1. The van der Waals surface area contributed by atoms with Crippen LogP contribution >= 0.6 is 0 Å². The first-order valence-corrected chi connectivity index (χ1v) is 9.61. The second-order valence-electron chi connectivity index (χ2n) is 6.14. The van der Waals surface area contributed by atoms with Crippen LogP contribution in [0.3, 0.4) is 0 Å². The molecule has 1 atom stereocenters. The van der Waals surface area contributed by atoms with Crippen LogP contribution in [0.25, 0.3) is 0 Å². The third kappa shape index (κ3) is 3.75. The third-order valence-electron chi connectivity index (χ3n) is 4.25. The van der Waals surface area contributed by atoms with Gasteiger partial charge in [0.05, 0.1) is 32.6 Å². The van der Waals surface area contributed by atoms with Crippen LogP contribution in [0.5, 0.6) is 0 Å². The molecule has 0 aromatic carbocycles. The summed E-state index contributed by atoms with van der Waals surface area (Å²) in [7, 11) is -3.35. The number of rotatable bonds is 2. The summed E-state index contributed by atoms with van der Waals surface area (Å²) in [6.45, 7) is 2.16. The van der Waals surface area contributed by atoms with Crippen molar-refractivity contribution in [3.05, 3.63) is 30.1 Å². The van der Waals surface area contributed by atoms with Gasteiger partial charge in [-0.05, 0) is 12.1 Å². The highest BCUT2D eigenvalue weighted by atomic mass is 32.2. The van der Waals surface area contributed by atoms with E-state index in [2.05, 4.69) is 4.98 Å². The van der Waals surface area contributed by atoms with Gasteiger partial charge in [-0.1, -0.05) is 0 Å². The van der Waals surface area contributed by atoms with Crippen molar-refractivity contribution < 1.29 is 22.7 Å². The van der Waals surface area contributed by atoms with Gasteiger partial charge >= 0.3 is 0 Å². The van der Waals surface area contributed by atoms with E-state index in [1.807, 2.05) is 0 Å². The number of pyridine rings is 1. The molecule has 0 unspecified atom stereocenters. The van der Waals surface area contributed by atoms with Crippen LogP contribution in [-0.4, -0.2) is 86.4 Å². The Balaban J connectivity index is 1.79. The molecule has 1 spiro atoms. The summed E-state index contributed by atoms with van der Waals surface area (Å²) in [4.78, 5) is 18.3. The molecule has 0 saturated carbocycles. The molecule has 3 rings (SSSR count). The topological polar surface area (TPSA) is 89.0 Å². The Hall–Kier alpha value is -1.55. The van der Waals surface area contributed by atoms with E-state index >= 15 is 0 Å². The molecule has 1 aromatic rings. The van der Waals surface area contributed by atoms with E-state index in [4.69, 9.17) is 9.47 Å². The number of nitrogens with zero attached hydrogens (tertiary/aromatic N) is 3. The van der Waals surface area contributed by atoms with Gasteiger partial charge in [-0.2, -0.15) is 4.31 Å². The molecular weight excluding hydrogens is 334 g/mol. The van der Waals surface area contributed by atoms with Gasteiger partial charge in [-0.3, -0.25) is 9.78 Å². The van der Waals surface area contributed by atoms with E-state index in [9.17, 15) is 13.2 Å². The van der Waals surface area contributed by atoms with Crippen LogP contribution in [0.1, 0.15) is 10.4 Å². The molecule has 8 nitrogen and oxygen atoms in total. The van der Waals surface area contributed by atoms with Crippen molar-refractivity contribution in [3.63, 3.8) is 0 Å². The summed E-state index contributed by atoms with van der Waals surface area (Å²) in [5, 5.41) is 0. The van der Waals surface area contributed by atoms with E-state index in [1.54, 1.807) is 29.4 Å². The van der Waals surface area contributed by atoms with Gasteiger partial charge in [-0.25, -0.2) is 8.42 Å². The Morgan fingerprint density at radius 3 is 2.67 bits per heavy atom. The number of aromatic nitrogens is 1. The minimum atomic E-state index is -3.35. The maximum atomic E-state index is 12.7. The number of amides is 1. The molecule has 0 aliphatic carbocycles. The zero-order chi connectivity index (χ0) is 17.2. The van der Waals surface area contributed by atoms with Gasteiger partial charge in [-0.15, -0.1) is 0 Å². The third-order valence-corrected chi connectivity index (χ3v) is 5.50. The normalized spacial score (nSPS) is 26.3. The molecular formula is C15H21N3O5S. The Morgan fingerprint density at radius 1 is 1.21 bits per heavy atom. The first kappa shape index (κ1) is 17.3. The highest BCUT2D eigenvalue weighted by molar-refractivity contribution is 7.88. The summed E-state index contributed by atoms with van der Waals surface area (Å²) in [6.07, 6.45) is 4.32. The molecule has 1 aromatic heterocycles. The fourth-order valence-corrected chi connectivity index (χ4v) is 3.91. The molecule has 2 fully saturated rings. The highest BCUT2D eigenvalue weighted by Gasteiger charge is 2.43. The minimum Gasteiger partial charge on any atom is -0.377 e. The fraction of sp³-hybridized carbons (Fsp3) is 0.600. The van der Waals surface area contributed by atoms with Gasteiger partial charge in [0.2, 0.25) is 10.0 Å². The second kappa shape index (κ2) is 6.75. The van der Waals surface area contributed by atoms with Crippen molar-refractivity contribution in [1.82, 2.24) is 14.2 Å². The van der Waals surface area contributed by atoms with Crippen LogP contribution in [-0.2, 0) is 19.5 Å². The summed E-state index contributed by atoms with van der Waals surface area (Å²) >= 11 is 0. The van der Waals surface area contributed by atoms with Gasteiger partial charge in [0.25, 0.3) is 5.91 Å². The smallest absolute Gasteiger partial charge is 0.254 e. The number of carbonyl (C=O) groups is 1. The molecule has 3 heterocycles. The average Bonchev–Trinajstić information content (AvgIpc) is 2.77. The first-order chi connectivity index (χ1) is 11.4. The molecule has 0 radical (unpaired) electrons. The Kier molecular flexibility index (Phi) is 4.86. The number of hydrogen-bond acceptors (Lipinski definition) is 6. The van der Waals surface area contributed by atoms with Crippen LogP contribution in [0.15, 0.2) is 24.5 Å². The van der Waals surface area contributed by atoms with Gasteiger partial charge < -0.3 is 14.4 Å². The fourth-order valence-electron chi connectivity index (χ4n) is 3.03. The van der Waals surface area contributed by atoms with Gasteiger partial charge in [0, 0.05) is 37.6 Å². The van der Waals surface area contributed by atoms with Crippen LogP contribution in [0.2, 0.25) is 0 Å². The van der Waals surface area contributed by atoms with E-state index in [0.29, 0.717) is 38.4 Å². The van der Waals surface area contributed by atoms with E-state index in [1.165, 1.54) is 10.6 Å². The Bertz CT molecular complexity index is 696. The highest BCUT2D eigenvalue weighted by Crippen LogP contribution is 2.24. The van der Waals surface area contributed by atoms with Crippen molar-refractivity contribution >= 4 is 15.9 Å². The molecule has 9 heteroatoms. The standard InChI is InChI=1S/C15H21N3O5S/c1-24(20,21)18-7-8-22-12-15(11-18)10-17(6-9-23-15)14(19)13-2-4-16-5-3-13/h2-5H,6-12H2,1H3/t15-/m0/s1. The maximum absolute atomic E-state index is 12.7. The Labute approximate surface area is 141 Å². The summed E-state index contributed by atoms with van der Waals surface area (Å²) in [5.74, 6) is -0.116. The molecule has 132 valence electrons. The SMILES string of the molecule is CS(=O)(=O)N1CCOC[C@]2(CN(C(=O)c3ccncc3)CCO2)C1. The van der Waals surface area contributed by atoms with E-state index in [0.717, 1.165) is 0 Å². The molecule has 1 amide bonds. The predicted molar refractivity (Wildman–Crippen MR) is 86.1 cm³/mol. The quantitative estimate of drug-likeness (QED) is 0.716. The molecule has 0 N–H and O–H groups in total. The lowest BCUT2D eigenvalue weighted by atomic mass is 10.0. The summed E-state index contributed by atoms with van der Waals surface area (Å²) in [5.41, 5.74) is -0.280. The largest absolute Gasteiger partial charge is 0.377 e. The number of hydrogen-bond donors (Lipinski definition) is 0. The number of carbonyl (C=O) groups excluding carboxylic acids is 1. The zero-order valence-electron chi connectivity index (χ0n) is 13.6. The lowest BCUT2D eigenvalue weighted by Crippen LogP contribution is -2.60. The monoisotopic (exact) mass is 355 g/mol. The first-order valence-electron chi connectivity index (χ1n) is 7.76. The molecule has 24 heavy (non-hydrogen) atoms. The summed E-state index contributed by atoms with van der Waals surface area (Å²) in [6, 6.07) is 3.33. The van der Waals surface area contributed by atoms with Crippen LogP contribution in [0.4, 0.5) is 0 Å². The zero-order valence-corrected chi connectivity index (χ0v) is 14.4. The van der Waals surface area contributed by atoms with Gasteiger partial charge in [0.15, 0.2) is 0 Å². The molecule has 2 aliphatic rings. The Morgan fingerprint density at radius 2 is 1.96 bits per heavy atom. The lowest BCUT2D eigenvalue weighted by molar-refractivity contribution is -0.129. The average molecular weight is 355 g/mol. The molecule has 0 bridgehead atoms. The lowest BCUT2D eigenvalue weighted by Gasteiger charge is -2.43. The van der Waals surface area contributed by atoms with E-state index < -0.39 is 15.6 Å². The van der Waals surface area contributed by atoms with Crippen molar-refractivity contribution in [3.8, 4) is 0 Å². The minimum absolute atomic E-state index is 0.116. The van der Waals surface area contributed by atoms with E-state index in [-0.39, 0.29) is 19.1 Å². The molecule has 2 aliphatic heterocycles.